The summed E-state index contributed by atoms with van der Waals surface area (Å²) < 4.78 is 10.9. The number of hydrogen-bond donors (Lipinski definition) is 1. The Morgan fingerprint density at radius 2 is 2.07 bits per heavy atom. The van der Waals surface area contributed by atoms with Crippen LogP contribution in [0.5, 0.6) is 5.75 Å². The van der Waals surface area contributed by atoms with Crippen molar-refractivity contribution in [2.45, 2.75) is 13.0 Å². The molecule has 6 nitrogen and oxygen atoms in total. The van der Waals surface area contributed by atoms with Crippen molar-refractivity contribution in [1.29, 1.82) is 0 Å². The Labute approximate surface area is 163 Å². The van der Waals surface area contributed by atoms with Gasteiger partial charge in [0.25, 0.3) is 11.8 Å². The molecule has 7 heteroatoms. The summed E-state index contributed by atoms with van der Waals surface area (Å²) in [6.07, 6.45) is -0.275. The Bertz CT molecular complexity index is 810. The third kappa shape index (κ3) is 5.45. The van der Waals surface area contributed by atoms with Crippen molar-refractivity contribution in [1.82, 2.24) is 5.32 Å². The van der Waals surface area contributed by atoms with E-state index in [-0.39, 0.29) is 31.1 Å². The van der Waals surface area contributed by atoms with Crippen molar-refractivity contribution in [3.05, 3.63) is 59.1 Å². The van der Waals surface area contributed by atoms with Crippen LogP contribution in [0.1, 0.15) is 5.56 Å². The van der Waals surface area contributed by atoms with Crippen LogP contribution in [-0.2, 0) is 14.3 Å². The molecular formula is C20H21ClN2O4. The van der Waals surface area contributed by atoms with E-state index in [4.69, 9.17) is 21.1 Å². The van der Waals surface area contributed by atoms with Gasteiger partial charge in [0.2, 0.25) is 0 Å². The summed E-state index contributed by atoms with van der Waals surface area (Å²) in [6.45, 7) is 2.57. The molecule has 3 rings (SSSR count). The summed E-state index contributed by atoms with van der Waals surface area (Å²) in [5.41, 5.74) is 1.92. The van der Waals surface area contributed by atoms with Crippen LogP contribution < -0.4 is 15.0 Å². The lowest BCUT2D eigenvalue weighted by atomic mass is 10.1. The minimum Gasteiger partial charge on any atom is -0.484 e. The lowest BCUT2D eigenvalue weighted by molar-refractivity contribution is -0.130. The third-order valence-corrected chi connectivity index (χ3v) is 4.41. The van der Waals surface area contributed by atoms with Crippen molar-refractivity contribution in [2.75, 3.05) is 31.2 Å². The Kier molecular flexibility index (Phi) is 6.32. The van der Waals surface area contributed by atoms with Crippen molar-refractivity contribution in [2.24, 2.45) is 0 Å². The number of hydrogen-bond acceptors (Lipinski definition) is 4. The maximum atomic E-state index is 12.2. The summed E-state index contributed by atoms with van der Waals surface area (Å²) in [5, 5.41) is 3.38. The van der Waals surface area contributed by atoms with Gasteiger partial charge in [-0.3, -0.25) is 9.59 Å². The molecule has 27 heavy (non-hydrogen) atoms. The van der Waals surface area contributed by atoms with E-state index in [0.717, 1.165) is 11.3 Å². The fraction of sp³-hybridized carbons (Fsp3) is 0.300. The second kappa shape index (κ2) is 8.88. The number of carbonyl (C=O) groups excluding carboxylic acids is 2. The summed E-state index contributed by atoms with van der Waals surface area (Å²) >= 11 is 5.81. The van der Waals surface area contributed by atoms with Crippen molar-refractivity contribution >= 4 is 29.1 Å². The van der Waals surface area contributed by atoms with Gasteiger partial charge in [-0.15, -0.1) is 0 Å². The quantitative estimate of drug-likeness (QED) is 0.825. The highest BCUT2D eigenvalue weighted by molar-refractivity contribution is 6.30. The molecule has 1 fully saturated rings. The van der Waals surface area contributed by atoms with Gasteiger partial charge < -0.3 is 19.7 Å². The first-order valence-electron chi connectivity index (χ1n) is 8.65. The molecule has 0 saturated carbocycles. The van der Waals surface area contributed by atoms with Gasteiger partial charge in [-0.2, -0.15) is 0 Å². The van der Waals surface area contributed by atoms with Crippen LogP contribution >= 0.6 is 11.6 Å². The number of anilines is 1. The van der Waals surface area contributed by atoms with Gasteiger partial charge in [0.15, 0.2) is 6.61 Å². The summed E-state index contributed by atoms with van der Waals surface area (Å²) in [6, 6.07) is 14.5. The monoisotopic (exact) mass is 388 g/mol. The number of nitrogens with one attached hydrogen (secondary N) is 1. The van der Waals surface area contributed by atoms with Gasteiger partial charge in [-0.05, 0) is 48.9 Å². The Morgan fingerprint density at radius 3 is 2.81 bits per heavy atom. The van der Waals surface area contributed by atoms with E-state index >= 15 is 0 Å². The van der Waals surface area contributed by atoms with Gasteiger partial charge in [0.1, 0.15) is 12.4 Å². The molecule has 2 amide bonds. The van der Waals surface area contributed by atoms with Crippen LogP contribution in [0.3, 0.4) is 0 Å². The highest BCUT2D eigenvalue weighted by Gasteiger charge is 2.27. The number of carbonyl (C=O) groups is 2. The van der Waals surface area contributed by atoms with Gasteiger partial charge >= 0.3 is 0 Å². The van der Waals surface area contributed by atoms with Crippen LogP contribution in [0.25, 0.3) is 0 Å². The first kappa shape index (κ1) is 19.2. The van der Waals surface area contributed by atoms with E-state index < -0.39 is 0 Å². The second-order valence-electron chi connectivity index (χ2n) is 6.32. The van der Waals surface area contributed by atoms with E-state index in [9.17, 15) is 9.59 Å². The number of aryl methyl sites for hydroxylation is 1. The van der Waals surface area contributed by atoms with Crippen molar-refractivity contribution in [3.8, 4) is 5.75 Å². The molecule has 1 heterocycles. The Hall–Kier alpha value is -2.57. The molecule has 1 unspecified atom stereocenters. The predicted molar refractivity (Wildman–Crippen MR) is 103 cm³/mol. The van der Waals surface area contributed by atoms with E-state index in [0.29, 0.717) is 23.9 Å². The minimum atomic E-state index is -0.275. The van der Waals surface area contributed by atoms with Crippen LogP contribution in [0.2, 0.25) is 5.02 Å². The molecule has 0 bridgehead atoms. The number of rotatable bonds is 6. The van der Waals surface area contributed by atoms with Crippen LogP contribution in [0.15, 0.2) is 48.5 Å². The van der Waals surface area contributed by atoms with E-state index in [1.54, 1.807) is 29.2 Å². The molecular weight excluding hydrogens is 368 g/mol. The summed E-state index contributed by atoms with van der Waals surface area (Å²) in [7, 11) is 0. The van der Waals surface area contributed by atoms with Gasteiger partial charge in [-0.25, -0.2) is 0 Å². The summed E-state index contributed by atoms with van der Waals surface area (Å²) in [4.78, 5) is 25.8. The molecule has 1 saturated heterocycles. The van der Waals surface area contributed by atoms with E-state index in [1.807, 2.05) is 31.2 Å². The molecule has 0 aliphatic carbocycles. The normalized spacial score (nSPS) is 16.9. The van der Waals surface area contributed by atoms with Crippen molar-refractivity contribution in [3.63, 3.8) is 0 Å². The minimum absolute atomic E-state index is 0.00421. The molecule has 2 aromatic carbocycles. The number of ether oxygens (including phenoxy) is 2. The van der Waals surface area contributed by atoms with Crippen LogP contribution in [0.4, 0.5) is 5.69 Å². The molecule has 0 aromatic heterocycles. The van der Waals surface area contributed by atoms with E-state index in [2.05, 4.69) is 5.32 Å². The number of benzene rings is 2. The van der Waals surface area contributed by atoms with Gasteiger partial charge in [-0.1, -0.05) is 23.7 Å². The zero-order valence-corrected chi connectivity index (χ0v) is 15.7. The molecule has 0 radical (unpaired) electrons. The molecule has 1 aliphatic heterocycles. The van der Waals surface area contributed by atoms with Gasteiger partial charge in [0, 0.05) is 17.3 Å². The van der Waals surface area contributed by atoms with Crippen LogP contribution in [0, 0.1) is 6.92 Å². The van der Waals surface area contributed by atoms with Crippen molar-refractivity contribution < 1.29 is 19.1 Å². The smallest absolute Gasteiger partial charge is 0.258 e. The molecule has 142 valence electrons. The average Bonchev–Trinajstić information content (AvgIpc) is 2.67. The zero-order chi connectivity index (χ0) is 19.2. The predicted octanol–water partition coefficient (Wildman–Crippen LogP) is 2.58. The van der Waals surface area contributed by atoms with E-state index in [1.165, 1.54) is 0 Å². The second-order valence-corrected chi connectivity index (χ2v) is 6.76. The fourth-order valence-electron chi connectivity index (χ4n) is 2.75. The summed E-state index contributed by atoms with van der Waals surface area (Å²) in [5.74, 6) is 0.224. The number of morpholine rings is 1. The van der Waals surface area contributed by atoms with Gasteiger partial charge in [0.05, 0.1) is 12.6 Å². The average molecular weight is 389 g/mol. The number of halogens is 1. The fourth-order valence-corrected chi connectivity index (χ4v) is 2.88. The first-order valence-corrected chi connectivity index (χ1v) is 9.03. The highest BCUT2D eigenvalue weighted by Crippen LogP contribution is 2.20. The molecule has 2 aromatic rings. The van der Waals surface area contributed by atoms with Crippen LogP contribution in [-0.4, -0.2) is 44.2 Å². The SMILES string of the molecule is Cc1cccc(N2CC(CNC(=O)COc3ccc(Cl)cc3)OCC2=O)c1. The Balaban J connectivity index is 1.48. The lowest BCUT2D eigenvalue weighted by Crippen LogP contribution is -2.51. The maximum absolute atomic E-state index is 12.2. The lowest BCUT2D eigenvalue weighted by Gasteiger charge is -2.33. The molecule has 0 spiro atoms. The molecule has 1 atom stereocenters. The topological polar surface area (TPSA) is 67.9 Å². The molecule has 1 N–H and O–H groups in total. The standard InChI is InChI=1S/C20H21ClN2O4/c1-14-3-2-4-16(9-14)23-11-18(27-13-20(23)25)10-22-19(24)12-26-17-7-5-15(21)6-8-17/h2-9,18H,10-13H2,1H3,(H,22,24). The largest absolute Gasteiger partial charge is 0.484 e. The zero-order valence-electron chi connectivity index (χ0n) is 15.0. The first-order chi connectivity index (χ1) is 13.0. The Morgan fingerprint density at radius 1 is 1.30 bits per heavy atom. The number of amides is 2. The highest BCUT2D eigenvalue weighted by atomic mass is 35.5. The number of nitrogens with zero attached hydrogens (tertiary/aromatic N) is 1. The molecule has 1 aliphatic rings. The third-order valence-electron chi connectivity index (χ3n) is 4.15. The maximum Gasteiger partial charge on any atom is 0.258 e.